The van der Waals surface area contributed by atoms with Gasteiger partial charge in [-0.05, 0) is 71.6 Å². The number of likely N-dealkylation sites (N-methyl/N-ethyl adjacent to an activating group) is 1. The summed E-state index contributed by atoms with van der Waals surface area (Å²) in [6.45, 7) is 9.49. The van der Waals surface area contributed by atoms with Crippen LogP contribution >= 0.6 is 0 Å². The summed E-state index contributed by atoms with van der Waals surface area (Å²) in [6, 6.07) is 3.87. The molecule has 0 bridgehead atoms. The van der Waals surface area contributed by atoms with Crippen molar-refractivity contribution in [1.82, 2.24) is 29.6 Å². The number of nitrogens with one attached hydrogen (secondary N) is 1. The van der Waals surface area contributed by atoms with E-state index in [-0.39, 0.29) is 35.9 Å². The lowest BCUT2D eigenvalue weighted by Crippen LogP contribution is -2.59. The van der Waals surface area contributed by atoms with E-state index < -0.39 is 35.8 Å². The van der Waals surface area contributed by atoms with E-state index >= 15 is 0 Å². The zero-order valence-corrected chi connectivity index (χ0v) is 27.6. The minimum Gasteiger partial charge on any atom is -0.444 e. The predicted molar refractivity (Wildman–Crippen MR) is 166 cm³/mol. The molecule has 0 saturated carbocycles. The average Bonchev–Trinajstić information content (AvgIpc) is 3.64. The highest BCUT2D eigenvalue weighted by Gasteiger charge is 2.39. The molecule has 1 saturated heterocycles. The van der Waals surface area contributed by atoms with Gasteiger partial charge in [0.15, 0.2) is 0 Å². The maximum atomic E-state index is 14.0. The fourth-order valence-electron chi connectivity index (χ4n) is 5.08. The van der Waals surface area contributed by atoms with E-state index in [9.17, 15) is 23.6 Å². The zero-order valence-electron chi connectivity index (χ0n) is 27.6. The molecule has 1 aromatic heterocycles. The number of aromatic nitrogens is 2. The molecule has 1 N–H and O–H groups in total. The van der Waals surface area contributed by atoms with Crippen LogP contribution in [0.4, 0.5) is 9.18 Å². The van der Waals surface area contributed by atoms with Gasteiger partial charge >= 0.3 is 6.09 Å². The van der Waals surface area contributed by atoms with E-state index in [4.69, 9.17) is 9.47 Å². The molecule has 2 aromatic rings. The summed E-state index contributed by atoms with van der Waals surface area (Å²) < 4.78 is 26.0. The molecule has 248 valence electrons. The molecule has 13 heteroatoms. The predicted octanol–water partition coefficient (Wildman–Crippen LogP) is 3.01. The van der Waals surface area contributed by atoms with E-state index in [1.165, 1.54) is 31.2 Å². The third kappa shape index (κ3) is 9.74. The molecule has 4 unspecified atom stereocenters. The number of likely N-dealkylation sites (tertiary alicyclic amines) is 1. The molecule has 1 fully saturated rings. The van der Waals surface area contributed by atoms with Crippen molar-refractivity contribution in [1.29, 1.82) is 0 Å². The van der Waals surface area contributed by atoms with Crippen molar-refractivity contribution >= 4 is 23.8 Å². The van der Waals surface area contributed by atoms with Crippen molar-refractivity contribution in [3.63, 3.8) is 0 Å². The molecule has 12 nitrogen and oxygen atoms in total. The van der Waals surface area contributed by atoms with Gasteiger partial charge < -0.3 is 29.2 Å². The van der Waals surface area contributed by atoms with Gasteiger partial charge in [-0.2, -0.15) is 0 Å². The standard InChI is InChI=1S/C32H47FN6O6/c1-21(37(7)31(43)45-32(3,4)5)28(40)35-27(22(2)44-8)30(42)39-16-9-10-25(39)18-38(29(41)26-19-36(6)20-34-26)17-15-23-11-13-24(33)14-12-23/h11-14,19-22,25,27H,9-10,15-18H2,1-8H3,(H,35,40). The number of imidazole rings is 1. The van der Waals surface area contributed by atoms with Crippen LogP contribution in [0, 0.1) is 5.82 Å². The Bertz CT molecular complexity index is 1330. The van der Waals surface area contributed by atoms with Gasteiger partial charge in [0.05, 0.1) is 12.4 Å². The van der Waals surface area contributed by atoms with E-state index in [2.05, 4.69) is 10.3 Å². The summed E-state index contributed by atoms with van der Waals surface area (Å²) in [4.78, 5) is 62.2. The Kier molecular flexibility index (Phi) is 12.1. The summed E-state index contributed by atoms with van der Waals surface area (Å²) in [7, 11) is 4.70. The third-order valence-electron chi connectivity index (χ3n) is 7.93. The van der Waals surface area contributed by atoms with Crippen LogP contribution in [0.15, 0.2) is 36.8 Å². The average molecular weight is 631 g/mol. The first-order chi connectivity index (χ1) is 21.1. The largest absolute Gasteiger partial charge is 0.444 e. The minimum absolute atomic E-state index is 0.252. The smallest absolute Gasteiger partial charge is 0.410 e. The van der Waals surface area contributed by atoms with Crippen LogP contribution in [-0.2, 0) is 32.5 Å². The summed E-state index contributed by atoms with van der Waals surface area (Å²) in [5.74, 6) is -1.48. The Morgan fingerprint density at radius 2 is 1.82 bits per heavy atom. The van der Waals surface area contributed by atoms with Crippen molar-refractivity contribution < 1.29 is 33.0 Å². The van der Waals surface area contributed by atoms with Gasteiger partial charge in [0.25, 0.3) is 5.91 Å². The zero-order chi connectivity index (χ0) is 33.5. The van der Waals surface area contributed by atoms with E-state index in [1.54, 1.807) is 80.7 Å². The first kappa shape index (κ1) is 35.5. The summed E-state index contributed by atoms with van der Waals surface area (Å²) in [6.07, 6.45) is 3.73. The Hall–Kier alpha value is -4.00. The number of ether oxygens (including phenoxy) is 2. The van der Waals surface area contributed by atoms with E-state index in [0.29, 0.717) is 25.9 Å². The van der Waals surface area contributed by atoms with Crippen LogP contribution in [0.3, 0.4) is 0 Å². The monoisotopic (exact) mass is 630 g/mol. The maximum Gasteiger partial charge on any atom is 0.410 e. The highest BCUT2D eigenvalue weighted by Crippen LogP contribution is 2.22. The highest BCUT2D eigenvalue weighted by atomic mass is 19.1. The highest BCUT2D eigenvalue weighted by molar-refractivity contribution is 5.93. The number of aryl methyl sites for hydroxylation is 1. The summed E-state index contributed by atoms with van der Waals surface area (Å²) in [5, 5.41) is 2.79. The summed E-state index contributed by atoms with van der Waals surface area (Å²) in [5.41, 5.74) is 0.422. The molecule has 0 radical (unpaired) electrons. The van der Waals surface area contributed by atoms with Crippen molar-refractivity contribution in [2.75, 3.05) is 33.8 Å². The molecule has 0 spiro atoms. The number of rotatable bonds is 12. The minimum atomic E-state index is -1.03. The first-order valence-corrected chi connectivity index (χ1v) is 15.2. The second-order valence-electron chi connectivity index (χ2n) is 12.6. The number of nitrogens with zero attached hydrogens (tertiary/aromatic N) is 5. The normalized spacial score (nSPS) is 16.9. The van der Waals surface area contributed by atoms with Gasteiger partial charge in [-0.3, -0.25) is 19.3 Å². The molecule has 4 amide bonds. The molecule has 2 heterocycles. The molecular formula is C32H47FN6O6. The Morgan fingerprint density at radius 1 is 1.16 bits per heavy atom. The van der Waals surface area contributed by atoms with Gasteiger partial charge in [-0.25, -0.2) is 14.2 Å². The number of halogens is 1. The van der Waals surface area contributed by atoms with Crippen molar-refractivity contribution in [3.8, 4) is 0 Å². The van der Waals surface area contributed by atoms with Gasteiger partial charge in [0.1, 0.15) is 29.2 Å². The number of methoxy groups -OCH3 is 1. The fraction of sp³-hybridized carbons (Fsp3) is 0.594. The molecule has 1 aliphatic rings. The Balaban J connectivity index is 1.77. The van der Waals surface area contributed by atoms with Gasteiger partial charge in [0.2, 0.25) is 11.8 Å². The fourth-order valence-corrected chi connectivity index (χ4v) is 5.08. The third-order valence-corrected chi connectivity index (χ3v) is 7.93. The molecule has 4 atom stereocenters. The molecule has 3 rings (SSSR count). The number of carbonyl (C=O) groups excluding carboxylic acids is 4. The topological polar surface area (TPSA) is 126 Å². The van der Waals surface area contributed by atoms with Crippen LogP contribution in [0.2, 0.25) is 0 Å². The van der Waals surface area contributed by atoms with Crippen LogP contribution in [0.5, 0.6) is 0 Å². The van der Waals surface area contributed by atoms with Gasteiger partial charge in [-0.1, -0.05) is 12.1 Å². The van der Waals surface area contributed by atoms with Crippen molar-refractivity contribution in [3.05, 3.63) is 53.9 Å². The molecule has 1 aliphatic heterocycles. The lowest BCUT2D eigenvalue weighted by molar-refractivity contribution is -0.141. The number of carbonyl (C=O) groups is 4. The lowest BCUT2D eigenvalue weighted by atomic mass is 10.1. The van der Waals surface area contributed by atoms with E-state index in [1.807, 2.05) is 0 Å². The molecule has 0 aliphatic carbocycles. The number of hydrogen-bond acceptors (Lipinski definition) is 7. The molecule has 1 aromatic carbocycles. The van der Waals surface area contributed by atoms with Crippen LogP contribution < -0.4 is 5.32 Å². The van der Waals surface area contributed by atoms with Gasteiger partial charge in [-0.15, -0.1) is 0 Å². The number of amides is 4. The number of benzene rings is 1. The first-order valence-electron chi connectivity index (χ1n) is 15.2. The quantitative estimate of drug-likeness (QED) is 0.382. The lowest BCUT2D eigenvalue weighted by Gasteiger charge is -2.35. The second kappa shape index (κ2) is 15.3. The van der Waals surface area contributed by atoms with Crippen LogP contribution in [-0.4, -0.2) is 112 Å². The Labute approximate surface area is 264 Å². The summed E-state index contributed by atoms with van der Waals surface area (Å²) >= 11 is 0. The second-order valence-corrected chi connectivity index (χ2v) is 12.6. The number of hydrogen-bond donors (Lipinski definition) is 1. The Morgan fingerprint density at radius 3 is 2.40 bits per heavy atom. The van der Waals surface area contributed by atoms with Crippen LogP contribution in [0.1, 0.15) is 63.5 Å². The molecular weight excluding hydrogens is 583 g/mol. The van der Waals surface area contributed by atoms with Crippen LogP contribution in [0.25, 0.3) is 0 Å². The van der Waals surface area contributed by atoms with Gasteiger partial charge in [0, 0.05) is 53.1 Å². The molecule has 45 heavy (non-hydrogen) atoms. The SMILES string of the molecule is COC(C)C(NC(=O)C(C)N(C)C(=O)OC(C)(C)C)C(=O)N1CCCC1CN(CCc1ccc(F)cc1)C(=O)c1cn(C)cn1. The van der Waals surface area contributed by atoms with Crippen molar-refractivity contribution in [2.45, 2.75) is 83.7 Å². The van der Waals surface area contributed by atoms with Crippen molar-refractivity contribution in [2.24, 2.45) is 7.05 Å². The maximum absolute atomic E-state index is 14.0. The van der Waals surface area contributed by atoms with E-state index in [0.717, 1.165) is 12.0 Å².